The number of benzene rings is 1. The minimum atomic E-state index is -0.890. The molecule has 0 aliphatic heterocycles. The molecule has 2 aromatic rings. The van der Waals surface area contributed by atoms with Crippen LogP contribution in [0.15, 0.2) is 30.3 Å². The van der Waals surface area contributed by atoms with Crippen molar-refractivity contribution in [2.45, 2.75) is 19.4 Å². The van der Waals surface area contributed by atoms with Crippen molar-refractivity contribution in [3.63, 3.8) is 0 Å². The summed E-state index contributed by atoms with van der Waals surface area (Å²) in [5.74, 6) is -1.33. The van der Waals surface area contributed by atoms with Crippen LogP contribution in [0.2, 0.25) is 0 Å². The van der Waals surface area contributed by atoms with Crippen molar-refractivity contribution in [2.24, 2.45) is 7.05 Å². The molecule has 1 heterocycles. The number of halogens is 1. The number of carbonyl (C=O) groups excluding carboxylic acids is 2. The van der Waals surface area contributed by atoms with E-state index in [2.05, 4.69) is 15.2 Å². The van der Waals surface area contributed by atoms with Gasteiger partial charge in [0.25, 0.3) is 5.91 Å². The smallest absolute Gasteiger partial charge is 0.358 e. The number of ether oxygens (including phenoxy) is 2. The van der Waals surface area contributed by atoms with E-state index in [1.807, 2.05) is 0 Å². The zero-order valence-corrected chi connectivity index (χ0v) is 13.6. The predicted molar refractivity (Wildman–Crippen MR) is 84.3 cm³/mol. The molecule has 1 unspecified atom stereocenters. The highest BCUT2D eigenvalue weighted by molar-refractivity contribution is 5.95. The van der Waals surface area contributed by atoms with Crippen molar-refractivity contribution in [3.8, 4) is 5.75 Å². The monoisotopic (exact) mass is 335 g/mol. The highest BCUT2D eigenvalue weighted by Gasteiger charge is 2.22. The fourth-order valence-corrected chi connectivity index (χ4v) is 2.01. The van der Waals surface area contributed by atoms with E-state index in [9.17, 15) is 14.0 Å². The van der Waals surface area contributed by atoms with E-state index in [0.717, 1.165) is 0 Å². The molecule has 0 radical (unpaired) electrons. The molecule has 0 saturated carbocycles. The Bertz CT molecular complexity index is 745. The largest absolute Gasteiger partial charge is 0.478 e. The van der Waals surface area contributed by atoms with E-state index < -0.39 is 23.8 Å². The number of aryl methyl sites for hydroxylation is 1. The van der Waals surface area contributed by atoms with Crippen LogP contribution >= 0.6 is 0 Å². The second-order valence-electron chi connectivity index (χ2n) is 4.96. The van der Waals surface area contributed by atoms with E-state index in [4.69, 9.17) is 4.74 Å². The maximum atomic E-state index is 13.6. The Hall–Kier alpha value is -2.90. The van der Waals surface area contributed by atoms with Crippen molar-refractivity contribution in [1.29, 1.82) is 0 Å². The fourth-order valence-electron chi connectivity index (χ4n) is 2.01. The Kier molecular flexibility index (Phi) is 5.51. The third-order valence-corrected chi connectivity index (χ3v) is 3.29. The number of rotatable bonds is 6. The Morgan fingerprint density at radius 3 is 2.71 bits per heavy atom. The molecule has 2 rings (SSSR count). The first-order valence-corrected chi connectivity index (χ1v) is 7.30. The number of methoxy groups -OCH3 is 1. The Morgan fingerprint density at radius 2 is 2.08 bits per heavy atom. The zero-order chi connectivity index (χ0) is 17.7. The molecule has 1 amide bonds. The quantitative estimate of drug-likeness (QED) is 0.818. The number of amides is 1. The maximum Gasteiger partial charge on any atom is 0.358 e. The van der Waals surface area contributed by atoms with Crippen LogP contribution in [0.4, 0.5) is 10.2 Å². The van der Waals surface area contributed by atoms with E-state index >= 15 is 0 Å². The minimum absolute atomic E-state index is 0.000226. The third-order valence-electron chi connectivity index (χ3n) is 3.29. The number of nitrogens with zero attached hydrogens (tertiary/aromatic N) is 2. The first-order valence-electron chi connectivity index (χ1n) is 7.30. The molecule has 0 bridgehead atoms. The lowest BCUT2D eigenvalue weighted by atomic mass is 10.2. The van der Waals surface area contributed by atoms with Gasteiger partial charge < -0.3 is 14.8 Å². The van der Waals surface area contributed by atoms with Gasteiger partial charge in [0.15, 0.2) is 23.4 Å². The number of hydrogen-bond acceptors (Lipinski definition) is 5. The summed E-state index contributed by atoms with van der Waals surface area (Å²) in [6.45, 7) is 1.74. The molecule has 1 N–H and O–H groups in total. The van der Waals surface area contributed by atoms with Crippen molar-refractivity contribution < 1.29 is 23.5 Å². The number of para-hydroxylation sites is 1. The third kappa shape index (κ3) is 3.89. The van der Waals surface area contributed by atoms with Crippen LogP contribution in [0.5, 0.6) is 5.75 Å². The molecule has 0 spiro atoms. The van der Waals surface area contributed by atoms with Crippen molar-refractivity contribution >= 4 is 17.7 Å². The van der Waals surface area contributed by atoms with Crippen LogP contribution in [0, 0.1) is 5.82 Å². The molecule has 8 heteroatoms. The summed E-state index contributed by atoms with van der Waals surface area (Å²) >= 11 is 0. The summed E-state index contributed by atoms with van der Waals surface area (Å²) < 4.78 is 25.0. The predicted octanol–water partition coefficient (Wildman–Crippen LogP) is 2.14. The maximum absolute atomic E-state index is 13.6. The average molecular weight is 335 g/mol. The molecule has 0 aliphatic carbocycles. The van der Waals surface area contributed by atoms with E-state index in [-0.39, 0.29) is 11.4 Å². The van der Waals surface area contributed by atoms with Crippen LogP contribution in [-0.4, -0.2) is 34.9 Å². The number of hydrogen-bond donors (Lipinski definition) is 1. The van der Waals surface area contributed by atoms with Gasteiger partial charge in [-0.05, 0) is 18.6 Å². The van der Waals surface area contributed by atoms with Gasteiger partial charge in [0, 0.05) is 13.1 Å². The van der Waals surface area contributed by atoms with Crippen molar-refractivity contribution in [2.75, 3.05) is 12.4 Å². The molecule has 0 fully saturated rings. The van der Waals surface area contributed by atoms with Crippen molar-refractivity contribution in [3.05, 3.63) is 41.8 Å². The molecule has 24 heavy (non-hydrogen) atoms. The molecule has 1 atom stereocenters. The fraction of sp³-hybridized carbons (Fsp3) is 0.312. The van der Waals surface area contributed by atoms with Crippen LogP contribution in [0.1, 0.15) is 23.8 Å². The van der Waals surface area contributed by atoms with Gasteiger partial charge in [0.1, 0.15) is 5.82 Å². The van der Waals surface area contributed by atoms with Gasteiger partial charge in [-0.1, -0.05) is 19.1 Å². The Morgan fingerprint density at radius 1 is 1.38 bits per heavy atom. The summed E-state index contributed by atoms with van der Waals surface area (Å²) in [6, 6.07) is 7.24. The molecule has 1 aromatic heterocycles. The van der Waals surface area contributed by atoms with Gasteiger partial charge in [-0.15, -0.1) is 0 Å². The number of nitrogens with one attached hydrogen (secondary N) is 1. The van der Waals surface area contributed by atoms with Gasteiger partial charge in [0.05, 0.1) is 7.11 Å². The topological polar surface area (TPSA) is 82.4 Å². The Balaban J connectivity index is 2.11. The molecule has 1 aromatic carbocycles. The second-order valence-corrected chi connectivity index (χ2v) is 4.96. The van der Waals surface area contributed by atoms with Gasteiger partial charge >= 0.3 is 5.97 Å². The van der Waals surface area contributed by atoms with Crippen molar-refractivity contribution in [1.82, 2.24) is 9.78 Å². The highest BCUT2D eigenvalue weighted by Crippen LogP contribution is 2.19. The number of aromatic nitrogens is 2. The zero-order valence-electron chi connectivity index (χ0n) is 13.6. The number of anilines is 1. The van der Waals surface area contributed by atoms with E-state index in [1.54, 1.807) is 20.0 Å². The van der Waals surface area contributed by atoms with Crippen LogP contribution < -0.4 is 10.1 Å². The van der Waals surface area contributed by atoms with Crippen LogP contribution in [0.3, 0.4) is 0 Å². The van der Waals surface area contributed by atoms with Gasteiger partial charge in [0.2, 0.25) is 0 Å². The molecule has 7 nitrogen and oxygen atoms in total. The molecular weight excluding hydrogens is 317 g/mol. The van der Waals surface area contributed by atoms with Gasteiger partial charge in [-0.3, -0.25) is 9.48 Å². The first-order chi connectivity index (χ1) is 11.5. The summed E-state index contributed by atoms with van der Waals surface area (Å²) in [5, 5.41) is 6.55. The summed E-state index contributed by atoms with van der Waals surface area (Å²) in [4.78, 5) is 23.8. The van der Waals surface area contributed by atoms with Crippen LogP contribution in [0.25, 0.3) is 0 Å². The van der Waals surface area contributed by atoms with E-state index in [1.165, 1.54) is 36.1 Å². The van der Waals surface area contributed by atoms with E-state index in [0.29, 0.717) is 12.2 Å². The number of esters is 1. The second kappa shape index (κ2) is 7.58. The average Bonchev–Trinajstić information content (AvgIpc) is 2.94. The lowest BCUT2D eigenvalue weighted by molar-refractivity contribution is -0.123. The molecule has 128 valence electrons. The summed E-state index contributed by atoms with van der Waals surface area (Å²) in [5.41, 5.74) is 0.0679. The number of carbonyl (C=O) groups is 2. The van der Waals surface area contributed by atoms with Gasteiger partial charge in [-0.2, -0.15) is 5.10 Å². The Labute approximate surface area is 138 Å². The molecule has 0 aliphatic rings. The minimum Gasteiger partial charge on any atom is -0.478 e. The van der Waals surface area contributed by atoms with Gasteiger partial charge in [-0.25, -0.2) is 9.18 Å². The lowest BCUT2D eigenvalue weighted by Gasteiger charge is -2.17. The molecule has 0 saturated heterocycles. The van der Waals surface area contributed by atoms with Crippen LogP contribution in [-0.2, 0) is 16.6 Å². The summed E-state index contributed by atoms with van der Waals surface area (Å²) in [7, 11) is 2.81. The standard InChI is InChI=1S/C16H18FN3O4/c1-4-12(24-13-8-6-5-7-10(13)17)15(21)18-14-9-11(16(22)23-3)19-20(14)2/h5-9,12H,4H2,1-3H3,(H,18,21). The SMILES string of the molecule is CCC(Oc1ccccc1F)C(=O)Nc1cc(C(=O)OC)nn1C. The molecular formula is C16H18FN3O4. The highest BCUT2D eigenvalue weighted by atomic mass is 19.1. The lowest BCUT2D eigenvalue weighted by Crippen LogP contribution is -2.33. The first kappa shape index (κ1) is 17.5. The summed E-state index contributed by atoms with van der Waals surface area (Å²) in [6.07, 6.45) is -0.555. The normalized spacial score (nSPS) is 11.7.